The number of rotatable bonds is 7. The van der Waals surface area contributed by atoms with Crippen LogP contribution in [-0.4, -0.2) is 23.2 Å². The number of nitrogens with one attached hydrogen (secondary N) is 1. The number of carbonyl (C=O) groups is 2. The SMILES string of the molecule is CC(CC(N)=O)NC(=O)CCCCBr. The van der Waals surface area contributed by atoms with Crippen molar-refractivity contribution in [3.05, 3.63) is 0 Å². The zero-order valence-electron chi connectivity index (χ0n) is 8.38. The molecule has 0 spiro atoms. The van der Waals surface area contributed by atoms with E-state index in [2.05, 4.69) is 21.2 Å². The Morgan fingerprint density at radius 2 is 2.07 bits per heavy atom. The minimum atomic E-state index is -0.391. The Hall–Kier alpha value is -0.580. The number of halogens is 1. The molecule has 1 atom stereocenters. The number of carbonyl (C=O) groups excluding carboxylic acids is 2. The zero-order valence-corrected chi connectivity index (χ0v) is 9.97. The monoisotopic (exact) mass is 264 g/mol. The largest absolute Gasteiger partial charge is 0.370 e. The topological polar surface area (TPSA) is 72.2 Å². The maximum Gasteiger partial charge on any atom is 0.220 e. The van der Waals surface area contributed by atoms with Crippen molar-refractivity contribution in [1.82, 2.24) is 5.32 Å². The molecule has 0 saturated carbocycles. The van der Waals surface area contributed by atoms with Crippen LogP contribution in [0.3, 0.4) is 0 Å². The second kappa shape index (κ2) is 7.79. The number of nitrogens with two attached hydrogens (primary N) is 1. The summed E-state index contributed by atoms with van der Waals surface area (Å²) >= 11 is 3.29. The van der Waals surface area contributed by atoms with Crippen LogP contribution in [0.15, 0.2) is 0 Å². The highest BCUT2D eigenvalue weighted by molar-refractivity contribution is 9.09. The van der Waals surface area contributed by atoms with Gasteiger partial charge in [-0.15, -0.1) is 0 Å². The standard InChI is InChI=1S/C9H17BrN2O2/c1-7(6-8(11)13)12-9(14)4-2-3-5-10/h7H,2-6H2,1H3,(H2,11,13)(H,12,14). The van der Waals surface area contributed by atoms with E-state index in [9.17, 15) is 9.59 Å². The predicted molar refractivity (Wildman–Crippen MR) is 59.1 cm³/mol. The van der Waals surface area contributed by atoms with Crippen molar-refractivity contribution in [3.63, 3.8) is 0 Å². The summed E-state index contributed by atoms with van der Waals surface area (Å²) in [5.41, 5.74) is 4.99. The minimum Gasteiger partial charge on any atom is -0.370 e. The third kappa shape index (κ3) is 8.04. The summed E-state index contributed by atoms with van der Waals surface area (Å²) in [6, 6.07) is -0.163. The van der Waals surface area contributed by atoms with E-state index < -0.39 is 5.91 Å². The smallest absolute Gasteiger partial charge is 0.220 e. The van der Waals surface area contributed by atoms with Gasteiger partial charge in [0.25, 0.3) is 0 Å². The summed E-state index contributed by atoms with van der Waals surface area (Å²) in [5, 5.41) is 3.63. The summed E-state index contributed by atoms with van der Waals surface area (Å²) in [5.74, 6) is -0.405. The molecular formula is C9H17BrN2O2. The normalized spacial score (nSPS) is 12.1. The Balaban J connectivity index is 3.55. The first-order valence-corrected chi connectivity index (χ1v) is 5.82. The van der Waals surface area contributed by atoms with E-state index in [-0.39, 0.29) is 18.4 Å². The van der Waals surface area contributed by atoms with E-state index in [0.717, 1.165) is 18.2 Å². The lowest BCUT2D eigenvalue weighted by atomic mass is 10.2. The van der Waals surface area contributed by atoms with Crippen LogP contribution in [0.1, 0.15) is 32.6 Å². The molecule has 0 aliphatic rings. The molecule has 0 rings (SSSR count). The van der Waals surface area contributed by atoms with Crippen molar-refractivity contribution in [3.8, 4) is 0 Å². The van der Waals surface area contributed by atoms with Gasteiger partial charge in [-0.05, 0) is 19.8 Å². The highest BCUT2D eigenvalue weighted by Crippen LogP contribution is 1.99. The van der Waals surface area contributed by atoms with Gasteiger partial charge in [-0.2, -0.15) is 0 Å². The van der Waals surface area contributed by atoms with Crippen LogP contribution in [0.2, 0.25) is 0 Å². The summed E-state index contributed by atoms with van der Waals surface area (Å²) in [6.45, 7) is 1.77. The van der Waals surface area contributed by atoms with Crippen molar-refractivity contribution in [2.45, 2.75) is 38.6 Å². The Morgan fingerprint density at radius 1 is 1.43 bits per heavy atom. The summed E-state index contributed by atoms with van der Waals surface area (Å²) in [6.07, 6.45) is 2.55. The van der Waals surface area contributed by atoms with Gasteiger partial charge in [-0.1, -0.05) is 15.9 Å². The first-order valence-electron chi connectivity index (χ1n) is 4.70. The van der Waals surface area contributed by atoms with E-state index in [1.54, 1.807) is 6.92 Å². The van der Waals surface area contributed by atoms with Crippen LogP contribution in [0.5, 0.6) is 0 Å². The van der Waals surface area contributed by atoms with Crippen molar-refractivity contribution in [2.75, 3.05) is 5.33 Å². The van der Waals surface area contributed by atoms with Gasteiger partial charge in [-0.25, -0.2) is 0 Å². The van der Waals surface area contributed by atoms with Crippen LogP contribution >= 0.6 is 15.9 Å². The molecule has 0 aromatic carbocycles. The van der Waals surface area contributed by atoms with Gasteiger partial charge in [0.1, 0.15) is 0 Å². The number of hydrogen-bond donors (Lipinski definition) is 2. The maximum atomic E-state index is 11.2. The molecule has 0 aromatic rings. The van der Waals surface area contributed by atoms with E-state index in [0.29, 0.717) is 6.42 Å². The molecule has 0 aromatic heterocycles. The molecule has 82 valence electrons. The first kappa shape index (κ1) is 13.4. The van der Waals surface area contributed by atoms with Crippen LogP contribution in [0.4, 0.5) is 0 Å². The molecule has 0 fully saturated rings. The van der Waals surface area contributed by atoms with E-state index in [1.807, 2.05) is 0 Å². The van der Waals surface area contributed by atoms with Gasteiger partial charge >= 0.3 is 0 Å². The average Bonchev–Trinajstić information content (AvgIpc) is 2.02. The van der Waals surface area contributed by atoms with E-state index in [4.69, 9.17) is 5.73 Å². The van der Waals surface area contributed by atoms with Crippen molar-refractivity contribution >= 4 is 27.7 Å². The fourth-order valence-corrected chi connectivity index (χ4v) is 1.48. The maximum absolute atomic E-state index is 11.2. The van der Waals surface area contributed by atoms with Gasteiger partial charge in [0, 0.05) is 24.2 Å². The fourth-order valence-electron chi connectivity index (χ4n) is 1.08. The van der Waals surface area contributed by atoms with Gasteiger partial charge < -0.3 is 11.1 Å². The fraction of sp³-hybridized carbons (Fsp3) is 0.778. The zero-order chi connectivity index (χ0) is 11.0. The molecular weight excluding hydrogens is 248 g/mol. The van der Waals surface area contributed by atoms with Crippen LogP contribution in [0.25, 0.3) is 0 Å². The summed E-state index contributed by atoms with van der Waals surface area (Å²) in [7, 11) is 0. The van der Waals surface area contributed by atoms with Gasteiger partial charge in [0.05, 0.1) is 0 Å². The van der Waals surface area contributed by atoms with Crippen LogP contribution in [0, 0.1) is 0 Å². The first-order chi connectivity index (χ1) is 6.56. The molecule has 0 saturated heterocycles. The highest BCUT2D eigenvalue weighted by atomic mass is 79.9. The molecule has 5 heteroatoms. The molecule has 2 amide bonds. The molecule has 0 heterocycles. The molecule has 3 N–H and O–H groups in total. The quantitative estimate of drug-likeness (QED) is 0.531. The van der Waals surface area contributed by atoms with Crippen LogP contribution in [-0.2, 0) is 9.59 Å². The number of unbranched alkanes of at least 4 members (excludes halogenated alkanes) is 1. The Morgan fingerprint density at radius 3 is 2.57 bits per heavy atom. The number of amides is 2. The Kier molecular flexibility index (Phi) is 7.47. The molecule has 0 aliphatic carbocycles. The number of alkyl halides is 1. The van der Waals surface area contributed by atoms with Crippen molar-refractivity contribution < 1.29 is 9.59 Å². The van der Waals surface area contributed by atoms with E-state index in [1.165, 1.54) is 0 Å². The lowest BCUT2D eigenvalue weighted by Crippen LogP contribution is -2.35. The molecule has 0 aliphatic heterocycles. The Labute approximate surface area is 92.7 Å². The molecule has 4 nitrogen and oxygen atoms in total. The van der Waals surface area contributed by atoms with Gasteiger partial charge in [0.2, 0.25) is 11.8 Å². The Bertz CT molecular complexity index is 197. The minimum absolute atomic E-state index is 0.0142. The third-order valence-corrected chi connectivity index (χ3v) is 2.26. The molecule has 0 bridgehead atoms. The third-order valence-electron chi connectivity index (χ3n) is 1.70. The van der Waals surface area contributed by atoms with Crippen molar-refractivity contribution in [2.24, 2.45) is 5.73 Å². The second-order valence-electron chi connectivity index (χ2n) is 3.29. The predicted octanol–water partition coefficient (Wildman–Crippen LogP) is 0.932. The van der Waals surface area contributed by atoms with Gasteiger partial charge in [-0.3, -0.25) is 9.59 Å². The highest BCUT2D eigenvalue weighted by Gasteiger charge is 2.08. The van der Waals surface area contributed by atoms with E-state index >= 15 is 0 Å². The summed E-state index contributed by atoms with van der Waals surface area (Å²) in [4.78, 5) is 21.7. The number of hydrogen-bond acceptors (Lipinski definition) is 2. The second-order valence-corrected chi connectivity index (χ2v) is 4.08. The number of primary amides is 1. The molecule has 0 radical (unpaired) electrons. The van der Waals surface area contributed by atoms with Crippen molar-refractivity contribution in [1.29, 1.82) is 0 Å². The van der Waals surface area contributed by atoms with Gasteiger partial charge in [0.15, 0.2) is 0 Å². The lowest BCUT2D eigenvalue weighted by Gasteiger charge is -2.11. The lowest BCUT2D eigenvalue weighted by molar-refractivity contribution is -0.122. The van der Waals surface area contributed by atoms with Crippen LogP contribution < -0.4 is 11.1 Å². The average molecular weight is 265 g/mol. The molecule has 14 heavy (non-hydrogen) atoms. The summed E-state index contributed by atoms with van der Waals surface area (Å²) < 4.78 is 0. The molecule has 1 unspecified atom stereocenters.